The maximum atomic E-state index is 11.4. The van der Waals surface area contributed by atoms with Crippen molar-refractivity contribution in [3.63, 3.8) is 0 Å². The first kappa shape index (κ1) is 11.0. The number of likely N-dealkylation sites (tertiary alicyclic amines) is 1. The summed E-state index contributed by atoms with van der Waals surface area (Å²) in [6, 6.07) is -0.217. The zero-order valence-corrected chi connectivity index (χ0v) is 8.82. The van der Waals surface area contributed by atoms with Gasteiger partial charge in [0, 0.05) is 13.5 Å². The summed E-state index contributed by atoms with van der Waals surface area (Å²) < 4.78 is 0. The lowest BCUT2D eigenvalue weighted by Gasteiger charge is -2.24. The van der Waals surface area contributed by atoms with Gasteiger partial charge in [0.25, 0.3) is 0 Å². The largest absolute Gasteiger partial charge is 0.333 e. The third-order valence-electron chi connectivity index (χ3n) is 2.81. The Hall–Kier alpha value is -1.12. The molecule has 0 saturated carbocycles. The fraction of sp³-hybridized carbons (Fsp3) is 0.636. The van der Waals surface area contributed by atoms with Gasteiger partial charge >= 0.3 is 0 Å². The van der Waals surface area contributed by atoms with Crippen LogP contribution in [0.2, 0.25) is 0 Å². The Morgan fingerprint density at radius 2 is 2.14 bits per heavy atom. The highest BCUT2D eigenvalue weighted by atomic mass is 16.2. The van der Waals surface area contributed by atoms with Crippen molar-refractivity contribution >= 4 is 11.7 Å². The minimum atomic E-state index is -0.217. The van der Waals surface area contributed by atoms with Crippen molar-refractivity contribution in [2.45, 2.75) is 32.7 Å². The highest BCUT2D eigenvalue weighted by molar-refractivity contribution is 5.87. The predicted octanol–water partition coefficient (Wildman–Crippen LogP) is 1.39. The van der Waals surface area contributed by atoms with Gasteiger partial charge in [-0.25, -0.2) is 0 Å². The summed E-state index contributed by atoms with van der Waals surface area (Å²) in [5.74, 6) is 0.357. The molecule has 0 bridgehead atoms. The second kappa shape index (κ2) is 4.40. The molecule has 0 aromatic heterocycles. The molecule has 3 heteroatoms. The fourth-order valence-corrected chi connectivity index (χ4v) is 2.22. The van der Waals surface area contributed by atoms with Gasteiger partial charge in [0.1, 0.15) is 0 Å². The molecule has 3 nitrogen and oxygen atoms in total. The van der Waals surface area contributed by atoms with Crippen LogP contribution in [0.5, 0.6) is 0 Å². The van der Waals surface area contributed by atoms with Gasteiger partial charge in [0.05, 0.1) is 6.04 Å². The summed E-state index contributed by atoms with van der Waals surface area (Å²) in [7, 11) is 0. The summed E-state index contributed by atoms with van der Waals surface area (Å²) in [4.78, 5) is 24.4. The summed E-state index contributed by atoms with van der Waals surface area (Å²) in [6.45, 7) is 7.46. The summed E-state index contributed by atoms with van der Waals surface area (Å²) >= 11 is 0. The van der Waals surface area contributed by atoms with Crippen LogP contribution in [-0.4, -0.2) is 29.2 Å². The first-order valence-electron chi connectivity index (χ1n) is 4.96. The zero-order chi connectivity index (χ0) is 10.7. The van der Waals surface area contributed by atoms with E-state index in [0.717, 1.165) is 12.8 Å². The van der Waals surface area contributed by atoms with Crippen LogP contribution in [0.25, 0.3) is 0 Å². The number of hydrogen-bond donors (Lipinski definition) is 0. The molecule has 1 rings (SSSR count). The van der Waals surface area contributed by atoms with Crippen LogP contribution in [0.3, 0.4) is 0 Å². The monoisotopic (exact) mass is 195 g/mol. The number of carbonyl (C=O) groups excluding carboxylic acids is 2. The molecule has 0 N–H and O–H groups in total. The number of hydrogen-bond acceptors (Lipinski definition) is 2. The molecular weight excluding hydrogens is 178 g/mol. The predicted molar refractivity (Wildman–Crippen MR) is 54.8 cm³/mol. The second-order valence-electron chi connectivity index (χ2n) is 3.84. The Kier molecular flexibility index (Phi) is 3.44. The van der Waals surface area contributed by atoms with E-state index in [0.29, 0.717) is 6.54 Å². The van der Waals surface area contributed by atoms with E-state index in [-0.39, 0.29) is 23.7 Å². The number of allylic oxidation sites excluding steroid dienone is 1. The standard InChI is InChI=1S/C11H17NO2/c1-4-5-10-6-7-12(9(3)14)11(10)8(2)13/h4,10-11H,1,5-7H2,2-3H3/t10-,11+/m0/s1. The molecule has 1 saturated heterocycles. The zero-order valence-electron chi connectivity index (χ0n) is 8.82. The maximum absolute atomic E-state index is 11.4. The molecule has 0 aliphatic carbocycles. The van der Waals surface area contributed by atoms with E-state index in [2.05, 4.69) is 6.58 Å². The molecule has 1 amide bonds. The molecule has 0 spiro atoms. The Bertz CT molecular complexity index is 260. The summed E-state index contributed by atoms with van der Waals surface area (Å²) in [5, 5.41) is 0. The van der Waals surface area contributed by atoms with Crippen LogP contribution in [0, 0.1) is 5.92 Å². The molecular formula is C11H17NO2. The van der Waals surface area contributed by atoms with E-state index in [1.54, 1.807) is 11.8 Å². The highest BCUT2D eigenvalue weighted by Crippen LogP contribution is 2.28. The second-order valence-corrected chi connectivity index (χ2v) is 3.84. The van der Waals surface area contributed by atoms with Crippen LogP contribution in [0.1, 0.15) is 26.7 Å². The van der Waals surface area contributed by atoms with Crippen LogP contribution >= 0.6 is 0 Å². The van der Waals surface area contributed by atoms with Gasteiger partial charge in [-0.05, 0) is 25.7 Å². The molecule has 78 valence electrons. The lowest BCUT2D eigenvalue weighted by Crippen LogP contribution is -2.41. The van der Waals surface area contributed by atoms with Gasteiger partial charge in [0.15, 0.2) is 5.78 Å². The van der Waals surface area contributed by atoms with Crippen molar-refractivity contribution in [1.82, 2.24) is 4.90 Å². The Labute approximate surface area is 84.8 Å². The van der Waals surface area contributed by atoms with Crippen LogP contribution < -0.4 is 0 Å². The number of amides is 1. The summed E-state index contributed by atoms with van der Waals surface area (Å²) in [5.41, 5.74) is 0. The van der Waals surface area contributed by atoms with Gasteiger partial charge in [0.2, 0.25) is 5.91 Å². The normalized spacial score (nSPS) is 26.3. The van der Waals surface area contributed by atoms with E-state index < -0.39 is 0 Å². The molecule has 14 heavy (non-hydrogen) atoms. The molecule has 0 radical (unpaired) electrons. The van der Waals surface area contributed by atoms with E-state index in [1.165, 1.54) is 6.92 Å². The van der Waals surface area contributed by atoms with Crippen molar-refractivity contribution < 1.29 is 9.59 Å². The number of carbonyl (C=O) groups is 2. The number of ketones is 1. The van der Waals surface area contributed by atoms with Crippen LogP contribution in [0.15, 0.2) is 12.7 Å². The molecule has 0 aromatic carbocycles. The molecule has 0 aromatic rings. The fourth-order valence-electron chi connectivity index (χ4n) is 2.22. The maximum Gasteiger partial charge on any atom is 0.220 e. The highest BCUT2D eigenvalue weighted by Gasteiger charge is 2.37. The average Bonchev–Trinajstić information content (AvgIpc) is 2.48. The Morgan fingerprint density at radius 3 is 2.57 bits per heavy atom. The van der Waals surface area contributed by atoms with Gasteiger partial charge < -0.3 is 4.90 Å². The minimum absolute atomic E-state index is 0.00300. The Balaban J connectivity index is 2.79. The molecule has 0 unspecified atom stereocenters. The molecule has 1 aliphatic heterocycles. The van der Waals surface area contributed by atoms with Crippen molar-refractivity contribution in [2.75, 3.05) is 6.54 Å². The van der Waals surface area contributed by atoms with Crippen LogP contribution in [-0.2, 0) is 9.59 Å². The molecule has 1 heterocycles. The van der Waals surface area contributed by atoms with Gasteiger partial charge in [-0.1, -0.05) is 6.08 Å². The van der Waals surface area contributed by atoms with E-state index in [4.69, 9.17) is 0 Å². The third-order valence-corrected chi connectivity index (χ3v) is 2.81. The smallest absolute Gasteiger partial charge is 0.220 e. The van der Waals surface area contributed by atoms with E-state index in [1.807, 2.05) is 6.08 Å². The van der Waals surface area contributed by atoms with Crippen molar-refractivity contribution in [3.05, 3.63) is 12.7 Å². The lowest BCUT2D eigenvalue weighted by atomic mass is 9.94. The van der Waals surface area contributed by atoms with E-state index >= 15 is 0 Å². The van der Waals surface area contributed by atoms with Gasteiger partial charge in [-0.15, -0.1) is 6.58 Å². The van der Waals surface area contributed by atoms with Crippen molar-refractivity contribution in [2.24, 2.45) is 5.92 Å². The minimum Gasteiger partial charge on any atom is -0.333 e. The van der Waals surface area contributed by atoms with Gasteiger partial charge in [-0.3, -0.25) is 9.59 Å². The molecule has 2 atom stereocenters. The molecule has 1 fully saturated rings. The third kappa shape index (κ3) is 2.03. The average molecular weight is 195 g/mol. The Morgan fingerprint density at radius 1 is 1.50 bits per heavy atom. The van der Waals surface area contributed by atoms with E-state index in [9.17, 15) is 9.59 Å². The topological polar surface area (TPSA) is 37.4 Å². The van der Waals surface area contributed by atoms with Crippen molar-refractivity contribution in [3.8, 4) is 0 Å². The van der Waals surface area contributed by atoms with Crippen molar-refractivity contribution in [1.29, 1.82) is 0 Å². The first-order chi connectivity index (χ1) is 6.57. The first-order valence-corrected chi connectivity index (χ1v) is 4.96. The molecule has 1 aliphatic rings. The number of Topliss-reactive ketones (excluding diaryl/α,β-unsaturated/α-hetero) is 1. The SMILES string of the molecule is C=CC[C@H]1CCN(C(C)=O)[C@@H]1C(C)=O. The van der Waals surface area contributed by atoms with Gasteiger partial charge in [-0.2, -0.15) is 0 Å². The quantitative estimate of drug-likeness (QED) is 0.638. The number of rotatable bonds is 3. The van der Waals surface area contributed by atoms with Crippen LogP contribution in [0.4, 0.5) is 0 Å². The number of nitrogens with zero attached hydrogens (tertiary/aromatic N) is 1. The summed E-state index contributed by atoms with van der Waals surface area (Å²) in [6.07, 6.45) is 3.55. The lowest BCUT2D eigenvalue weighted by molar-refractivity contribution is -0.136.